The predicted octanol–water partition coefficient (Wildman–Crippen LogP) is 3.24. The number of hydrogen-bond donors (Lipinski definition) is 1. The van der Waals surface area contributed by atoms with Crippen molar-refractivity contribution >= 4 is 5.82 Å². The van der Waals surface area contributed by atoms with E-state index in [1.165, 1.54) is 0 Å². The summed E-state index contributed by atoms with van der Waals surface area (Å²) >= 11 is 0. The largest absolute Gasteiger partial charge is 0.494 e. The molecule has 0 radical (unpaired) electrons. The third kappa shape index (κ3) is 3.63. The molecule has 0 aliphatic carbocycles. The van der Waals surface area contributed by atoms with E-state index < -0.39 is 0 Å². The molecule has 1 heterocycles. The van der Waals surface area contributed by atoms with Gasteiger partial charge in [0.05, 0.1) is 6.61 Å². The number of rotatable bonds is 6. The molecule has 5 heteroatoms. The summed E-state index contributed by atoms with van der Waals surface area (Å²) in [6.07, 6.45) is 3.27. The highest BCUT2D eigenvalue weighted by molar-refractivity contribution is 5.41. The van der Waals surface area contributed by atoms with Gasteiger partial charge in [-0.15, -0.1) is 0 Å². The Balaban J connectivity index is 1.81. The van der Waals surface area contributed by atoms with Crippen LogP contribution in [0.15, 0.2) is 71.8 Å². The molecule has 0 saturated carbocycles. The minimum absolute atomic E-state index is 0.183. The fourth-order valence-electron chi connectivity index (χ4n) is 2.39. The van der Waals surface area contributed by atoms with Crippen molar-refractivity contribution in [3.63, 3.8) is 0 Å². The first-order chi connectivity index (χ1) is 11.8. The van der Waals surface area contributed by atoms with E-state index in [1.807, 2.05) is 61.5 Å². The Labute approximate surface area is 140 Å². The summed E-state index contributed by atoms with van der Waals surface area (Å²) in [5, 5.41) is 3.10. The van der Waals surface area contributed by atoms with Gasteiger partial charge >= 0.3 is 0 Å². The molecule has 0 fully saturated rings. The molecule has 5 nitrogen and oxygen atoms in total. The number of benzene rings is 2. The summed E-state index contributed by atoms with van der Waals surface area (Å²) in [5.41, 5.74) is 1.68. The number of anilines is 1. The lowest BCUT2D eigenvalue weighted by molar-refractivity contribution is 0.340. The van der Waals surface area contributed by atoms with Gasteiger partial charge in [0.15, 0.2) is 5.82 Å². The Bertz CT molecular complexity index is 842. The van der Waals surface area contributed by atoms with Crippen molar-refractivity contribution < 1.29 is 4.74 Å². The molecule has 0 saturated heterocycles. The van der Waals surface area contributed by atoms with E-state index in [2.05, 4.69) is 10.3 Å². The van der Waals surface area contributed by atoms with Crippen LogP contribution in [0.25, 0.3) is 5.69 Å². The van der Waals surface area contributed by atoms with Gasteiger partial charge in [-0.1, -0.05) is 30.3 Å². The van der Waals surface area contributed by atoms with Crippen LogP contribution in [-0.2, 0) is 6.54 Å². The van der Waals surface area contributed by atoms with Crippen LogP contribution in [0.1, 0.15) is 12.5 Å². The normalized spacial score (nSPS) is 10.4. The number of hydrogen-bond acceptors (Lipinski definition) is 4. The zero-order valence-electron chi connectivity index (χ0n) is 13.5. The molecule has 3 aromatic rings. The van der Waals surface area contributed by atoms with Crippen molar-refractivity contribution in [1.29, 1.82) is 0 Å². The lowest BCUT2D eigenvalue weighted by Gasteiger charge is -2.10. The third-order valence-electron chi connectivity index (χ3n) is 3.57. The molecule has 1 aromatic heterocycles. The maximum absolute atomic E-state index is 12.6. The molecule has 0 unspecified atom stereocenters. The van der Waals surface area contributed by atoms with Crippen LogP contribution in [0.5, 0.6) is 5.75 Å². The van der Waals surface area contributed by atoms with Crippen LogP contribution in [0.2, 0.25) is 0 Å². The van der Waals surface area contributed by atoms with Crippen LogP contribution in [0.4, 0.5) is 5.82 Å². The zero-order chi connectivity index (χ0) is 16.8. The van der Waals surface area contributed by atoms with Crippen molar-refractivity contribution in [3.8, 4) is 11.4 Å². The first kappa shape index (κ1) is 15.8. The Hall–Kier alpha value is -3.08. The van der Waals surface area contributed by atoms with Gasteiger partial charge in [0, 0.05) is 24.6 Å². The third-order valence-corrected chi connectivity index (χ3v) is 3.57. The maximum atomic E-state index is 12.6. The monoisotopic (exact) mass is 321 g/mol. The summed E-state index contributed by atoms with van der Waals surface area (Å²) < 4.78 is 6.99. The minimum atomic E-state index is -0.183. The highest BCUT2D eigenvalue weighted by Gasteiger charge is 2.06. The summed E-state index contributed by atoms with van der Waals surface area (Å²) in [6.45, 7) is 3.10. The number of nitrogens with zero attached hydrogens (tertiary/aromatic N) is 2. The molecular formula is C19H19N3O2. The van der Waals surface area contributed by atoms with Gasteiger partial charge in [0.25, 0.3) is 5.56 Å². The molecule has 0 amide bonds. The second-order valence-electron chi connectivity index (χ2n) is 5.22. The first-order valence-electron chi connectivity index (χ1n) is 7.86. The fourth-order valence-corrected chi connectivity index (χ4v) is 2.39. The topological polar surface area (TPSA) is 56.1 Å². The predicted molar refractivity (Wildman–Crippen MR) is 94.8 cm³/mol. The van der Waals surface area contributed by atoms with Gasteiger partial charge in [0.1, 0.15) is 5.75 Å². The molecule has 0 aliphatic rings. The Morgan fingerprint density at radius 1 is 1.08 bits per heavy atom. The fraction of sp³-hybridized carbons (Fsp3) is 0.158. The van der Waals surface area contributed by atoms with Crippen molar-refractivity contribution in [3.05, 3.63) is 82.9 Å². The van der Waals surface area contributed by atoms with Gasteiger partial charge in [-0.2, -0.15) is 0 Å². The second-order valence-corrected chi connectivity index (χ2v) is 5.22. The molecular weight excluding hydrogens is 302 g/mol. The maximum Gasteiger partial charge on any atom is 0.297 e. The Morgan fingerprint density at radius 2 is 1.83 bits per heavy atom. The van der Waals surface area contributed by atoms with Crippen LogP contribution in [-0.4, -0.2) is 16.2 Å². The second kappa shape index (κ2) is 7.46. The van der Waals surface area contributed by atoms with Crippen LogP contribution in [0.3, 0.4) is 0 Å². The van der Waals surface area contributed by atoms with Gasteiger partial charge in [-0.05, 0) is 36.8 Å². The van der Waals surface area contributed by atoms with Gasteiger partial charge in [-0.3, -0.25) is 9.36 Å². The number of aromatic nitrogens is 2. The quantitative estimate of drug-likeness (QED) is 0.757. The van der Waals surface area contributed by atoms with Gasteiger partial charge < -0.3 is 10.1 Å². The summed E-state index contributed by atoms with van der Waals surface area (Å²) in [4.78, 5) is 16.8. The van der Waals surface area contributed by atoms with E-state index in [1.54, 1.807) is 17.0 Å². The summed E-state index contributed by atoms with van der Waals surface area (Å²) in [7, 11) is 0. The molecule has 122 valence electrons. The first-order valence-corrected chi connectivity index (χ1v) is 7.86. The SMILES string of the molecule is CCOc1ccc(-n2ccnc(NCc3ccccc3)c2=O)cc1. The molecule has 0 aliphatic heterocycles. The summed E-state index contributed by atoms with van der Waals surface area (Å²) in [6, 6.07) is 17.3. The summed E-state index contributed by atoms with van der Waals surface area (Å²) in [5.74, 6) is 1.11. The van der Waals surface area contributed by atoms with Crippen molar-refractivity contribution in [2.75, 3.05) is 11.9 Å². The van der Waals surface area contributed by atoms with Gasteiger partial charge in [0.2, 0.25) is 0 Å². The van der Waals surface area contributed by atoms with Gasteiger partial charge in [-0.25, -0.2) is 4.98 Å². The molecule has 1 N–H and O–H groups in total. The van der Waals surface area contributed by atoms with Crippen LogP contribution >= 0.6 is 0 Å². The van der Waals surface area contributed by atoms with Crippen molar-refractivity contribution in [1.82, 2.24) is 9.55 Å². The standard InChI is InChI=1S/C19H19N3O2/c1-2-24-17-10-8-16(9-11-17)22-13-12-20-18(19(22)23)21-14-15-6-4-3-5-7-15/h3-13H,2,14H2,1H3,(H,20,21). The molecule has 2 aromatic carbocycles. The van der Waals surface area contributed by atoms with Crippen LogP contribution in [0, 0.1) is 0 Å². The van der Waals surface area contributed by atoms with E-state index in [0.29, 0.717) is 19.0 Å². The van der Waals surface area contributed by atoms with E-state index in [9.17, 15) is 4.79 Å². The average molecular weight is 321 g/mol. The lowest BCUT2D eigenvalue weighted by Crippen LogP contribution is -2.23. The van der Waals surface area contributed by atoms with E-state index in [0.717, 1.165) is 17.0 Å². The smallest absolute Gasteiger partial charge is 0.297 e. The van der Waals surface area contributed by atoms with E-state index in [-0.39, 0.29) is 5.56 Å². The molecule has 0 bridgehead atoms. The van der Waals surface area contributed by atoms with Crippen LogP contribution < -0.4 is 15.6 Å². The van der Waals surface area contributed by atoms with E-state index in [4.69, 9.17) is 4.74 Å². The van der Waals surface area contributed by atoms with Crippen molar-refractivity contribution in [2.45, 2.75) is 13.5 Å². The Morgan fingerprint density at radius 3 is 2.54 bits per heavy atom. The van der Waals surface area contributed by atoms with E-state index >= 15 is 0 Å². The van der Waals surface area contributed by atoms with Crippen molar-refractivity contribution in [2.24, 2.45) is 0 Å². The molecule has 24 heavy (non-hydrogen) atoms. The average Bonchev–Trinajstić information content (AvgIpc) is 2.63. The minimum Gasteiger partial charge on any atom is -0.494 e. The molecule has 3 rings (SSSR count). The Kier molecular flexibility index (Phi) is 4.91. The highest BCUT2D eigenvalue weighted by atomic mass is 16.5. The lowest BCUT2D eigenvalue weighted by atomic mass is 10.2. The zero-order valence-corrected chi connectivity index (χ0v) is 13.5. The highest BCUT2D eigenvalue weighted by Crippen LogP contribution is 2.14. The number of nitrogens with one attached hydrogen (secondary N) is 1. The molecule has 0 atom stereocenters. The number of ether oxygens (including phenoxy) is 1. The molecule has 0 spiro atoms.